The monoisotopic (exact) mass is 200 g/mol. The van der Waals surface area contributed by atoms with Crippen LogP contribution in [0.4, 0.5) is 0 Å². The number of hydrogen-bond acceptors (Lipinski definition) is 2. The van der Waals surface area contributed by atoms with Gasteiger partial charge in [0.05, 0.1) is 6.10 Å². The van der Waals surface area contributed by atoms with Crippen LogP contribution in [0.1, 0.15) is 52.9 Å². The average molecular weight is 200 g/mol. The van der Waals surface area contributed by atoms with E-state index in [1.807, 2.05) is 0 Å². The van der Waals surface area contributed by atoms with Crippen LogP contribution in [0.5, 0.6) is 0 Å². The van der Waals surface area contributed by atoms with E-state index in [4.69, 9.17) is 4.74 Å². The molecular weight excluding hydrogens is 176 g/mol. The van der Waals surface area contributed by atoms with Crippen LogP contribution in [0, 0.1) is 5.92 Å². The molecule has 0 saturated heterocycles. The highest BCUT2D eigenvalue weighted by molar-refractivity contribution is 5.48. The maximum Gasteiger partial charge on any atom is 0.120 e. The summed E-state index contributed by atoms with van der Waals surface area (Å²) in [5.74, 6) is 0.789. The van der Waals surface area contributed by atoms with E-state index in [1.165, 1.54) is 12.8 Å². The fourth-order valence-corrected chi connectivity index (χ4v) is 1.35. The summed E-state index contributed by atoms with van der Waals surface area (Å²) < 4.78 is 5.57. The molecule has 14 heavy (non-hydrogen) atoms. The molecular formula is C12H24O2. The van der Waals surface area contributed by atoms with E-state index in [0.29, 0.717) is 12.5 Å². The predicted molar refractivity (Wildman–Crippen MR) is 59.4 cm³/mol. The zero-order valence-electron chi connectivity index (χ0n) is 9.79. The quantitative estimate of drug-likeness (QED) is 0.422. The van der Waals surface area contributed by atoms with Gasteiger partial charge in [0.1, 0.15) is 6.29 Å². The van der Waals surface area contributed by atoms with Gasteiger partial charge in [-0.3, -0.25) is 0 Å². The van der Waals surface area contributed by atoms with Crippen LogP contribution in [-0.2, 0) is 9.53 Å². The first kappa shape index (κ1) is 13.6. The van der Waals surface area contributed by atoms with Gasteiger partial charge >= 0.3 is 0 Å². The number of carbonyl (C=O) groups is 1. The van der Waals surface area contributed by atoms with Crippen molar-refractivity contribution in [2.24, 2.45) is 5.92 Å². The van der Waals surface area contributed by atoms with Crippen LogP contribution in [-0.4, -0.2) is 19.0 Å². The molecule has 0 saturated carbocycles. The summed E-state index contributed by atoms with van der Waals surface area (Å²) in [5.41, 5.74) is 0. The summed E-state index contributed by atoms with van der Waals surface area (Å²) in [4.78, 5) is 10.0. The summed E-state index contributed by atoms with van der Waals surface area (Å²) in [5, 5.41) is 0. The molecule has 1 atom stereocenters. The first-order valence-electron chi connectivity index (χ1n) is 5.72. The van der Waals surface area contributed by atoms with E-state index >= 15 is 0 Å². The molecule has 0 unspecified atom stereocenters. The molecule has 0 aromatic heterocycles. The minimum Gasteiger partial charge on any atom is -0.378 e. The molecule has 0 aliphatic rings. The maximum absolute atomic E-state index is 10.0. The van der Waals surface area contributed by atoms with Crippen molar-refractivity contribution in [1.82, 2.24) is 0 Å². The molecule has 0 amide bonds. The Bertz CT molecular complexity index is 132. The molecule has 0 rings (SSSR count). The van der Waals surface area contributed by atoms with E-state index < -0.39 is 0 Å². The summed E-state index contributed by atoms with van der Waals surface area (Å²) in [7, 11) is 0. The van der Waals surface area contributed by atoms with Crippen molar-refractivity contribution in [3.63, 3.8) is 0 Å². The van der Waals surface area contributed by atoms with Crippen LogP contribution < -0.4 is 0 Å². The van der Waals surface area contributed by atoms with Gasteiger partial charge in [0, 0.05) is 13.0 Å². The number of hydrogen-bond donors (Lipinski definition) is 0. The van der Waals surface area contributed by atoms with E-state index in [2.05, 4.69) is 20.8 Å². The Kier molecular flexibility index (Phi) is 8.95. The second-order valence-electron chi connectivity index (χ2n) is 4.32. The zero-order valence-corrected chi connectivity index (χ0v) is 9.79. The average Bonchev–Trinajstić information content (AvgIpc) is 2.12. The standard InChI is InChI=1S/C12H24O2/c1-11(2)7-6-8-12(3)14-10-5-4-9-13/h9,11-12H,4-8,10H2,1-3H3/t12-/m0/s1. The molecule has 0 spiro atoms. The molecule has 0 aliphatic carbocycles. The van der Waals surface area contributed by atoms with E-state index in [9.17, 15) is 4.79 Å². The second kappa shape index (κ2) is 9.20. The van der Waals surface area contributed by atoms with Crippen molar-refractivity contribution < 1.29 is 9.53 Å². The van der Waals surface area contributed by atoms with Crippen molar-refractivity contribution in [3.8, 4) is 0 Å². The molecule has 0 bridgehead atoms. The van der Waals surface area contributed by atoms with Crippen LogP contribution in [0.2, 0.25) is 0 Å². The van der Waals surface area contributed by atoms with Gasteiger partial charge in [0.2, 0.25) is 0 Å². The van der Waals surface area contributed by atoms with Crippen molar-refractivity contribution in [2.45, 2.75) is 59.0 Å². The molecule has 0 fully saturated rings. The minimum atomic E-state index is 0.348. The SMILES string of the molecule is CC(C)CCC[C@H](C)OCCCC=O. The highest BCUT2D eigenvalue weighted by Gasteiger charge is 2.02. The molecule has 0 radical (unpaired) electrons. The molecule has 84 valence electrons. The van der Waals surface area contributed by atoms with Crippen molar-refractivity contribution in [3.05, 3.63) is 0 Å². The highest BCUT2D eigenvalue weighted by atomic mass is 16.5. The Morgan fingerprint density at radius 2 is 1.86 bits per heavy atom. The summed E-state index contributed by atoms with van der Waals surface area (Å²) in [6, 6.07) is 0. The molecule has 0 N–H and O–H groups in total. The van der Waals surface area contributed by atoms with Crippen LogP contribution in [0.3, 0.4) is 0 Å². The third kappa shape index (κ3) is 9.72. The Balaban J connectivity index is 3.19. The summed E-state index contributed by atoms with van der Waals surface area (Å²) in [6.45, 7) is 7.33. The van der Waals surface area contributed by atoms with Crippen LogP contribution in [0.15, 0.2) is 0 Å². The number of carbonyl (C=O) groups excluding carboxylic acids is 1. The van der Waals surface area contributed by atoms with Gasteiger partial charge < -0.3 is 9.53 Å². The van der Waals surface area contributed by atoms with Crippen molar-refractivity contribution in [1.29, 1.82) is 0 Å². The molecule has 2 heteroatoms. The topological polar surface area (TPSA) is 26.3 Å². The fraction of sp³-hybridized carbons (Fsp3) is 0.917. The van der Waals surface area contributed by atoms with Crippen LogP contribution in [0.25, 0.3) is 0 Å². The lowest BCUT2D eigenvalue weighted by atomic mass is 10.0. The van der Waals surface area contributed by atoms with E-state index in [0.717, 1.165) is 31.7 Å². The predicted octanol–water partition coefficient (Wildman–Crippen LogP) is 3.20. The van der Waals surface area contributed by atoms with E-state index in [1.54, 1.807) is 0 Å². The Labute approximate surface area is 88.0 Å². The highest BCUT2D eigenvalue weighted by Crippen LogP contribution is 2.10. The lowest BCUT2D eigenvalue weighted by Crippen LogP contribution is -2.09. The Morgan fingerprint density at radius 3 is 2.43 bits per heavy atom. The minimum absolute atomic E-state index is 0.348. The fourth-order valence-electron chi connectivity index (χ4n) is 1.35. The number of ether oxygens (including phenoxy) is 1. The first-order valence-corrected chi connectivity index (χ1v) is 5.72. The third-order valence-corrected chi connectivity index (χ3v) is 2.26. The Hall–Kier alpha value is -0.370. The summed E-state index contributed by atoms with van der Waals surface area (Å²) in [6.07, 6.45) is 6.44. The lowest BCUT2D eigenvalue weighted by Gasteiger charge is -2.13. The number of aldehydes is 1. The van der Waals surface area contributed by atoms with Gasteiger partial charge in [0.25, 0.3) is 0 Å². The van der Waals surface area contributed by atoms with Gasteiger partial charge in [-0.1, -0.05) is 26.7 Å². The number of unbranched alkanes of at least 4 members (excludes halogenated alkanes) is 1. The van der Waals surface area contributed by atoms with Crippen molar-refractivity contribution >= 4 is 6.29 Å². The van der Waals surface area contributed by atoms with Gasteiger partial charge in [-0.25, -0.2) is 0 Å². The molecule has 0 heterocycles. The second-order valence-corrected chi connectivity index (χ2v) is 4.32. The number of rotatable bonds is 9. The van der Waals surface area contributed by atoms with Crippen LogP contribution >= 0.6 is 0 Å². The van der Waals surface area contributed by atoms with Gasteiger partial charge in [0.15, 0.2) is 0 Å². The lowest BCUT2D eigenvalue weighted by molar-refractivity contribution is -0.108. The third-order valence-electron chi connectivity index (χ3n) is 2.26. The summed E-state index contributed by atoms with van der Waals surface area (Å²) >= 11 is 0. The largest absolute Gasteiger partial charge is 0.378 e. The molecule has 2 nitrogen and oxygen atoms in total. The normalized spacial score (nSPS) is 13.1. The molecule has 0 aliphatic heterocycles. The molecule has 0 aromatic rings. The van der Waals surface area contributed by atoms with Crippen molar-refractivity contribution in [2.75, 3.05) is 6.61 Å². The smallest absolute Gasteiger partial charge is 0.120 e. The zero-order chi connectivity index (χ0) is 10.8. The van der Waals surface area contributed by atoms with Gasteiger partial charge in [-0.15, -0.1) is 0 Å². The van der Waals surface area contributed by atoms with Gasteiger partial charge in [-0.05, 0) is 25.7 Å². The first-order chi connectivity index (χ1) is 6.66. The van der Waals surface area contributed by atoms with Gasteiger partial charge in [-0.2, -0.15) is 0 Å². The molecule has 0 aromatic carbocycles. The Morgan fingerprint density at radius 1 is 1.14 bits per heavy atom. The van der Waals surface area contributed by atoms with E-state index in [-0.39, 0.29) is 0 Å². The maximum atomic E-state index is 10.0.